The summed E-state index contributed by atoms with van der Waals surface area (Å²) in [6.45, 7) is 8.31. The number of likely N-dealkylation sites (tertiary alicyclic amines) is 1. The van der Waals surface area contributed by atoms with E-state index in [4.69, 9.17) is 4.74 Å². The van der Waals surface area contributed by atoms with Gasteiger partial charge in [-0.25, -0.2) is 14.8 Å². The highest BCUT2D eigenvalue weighted by atomic mass is 16.5. The van der Waals surface area contributed by atoms with Crippen molar-refractivity contribution in [2.24, 2.45) is 5.92 Å². The van der Waals surface area contributed by atoms with Crippen LogP contribution in [-0.2, 0) is 4.74 Å². The maximum atomic E-state index is 11.7. The summed E-state index contributed by atoms with van der Waals surface area (Å²) in [6, 6.07) is 0.369. The van der Waals surface area contributed by atoms with Crippen molar-refractivity contribution in [1.29, 1.82) is 0 Å². The van der Waals surface area contributed by atoms with Crippen molar-refractivity contribution in [2.45, 2.75) is 33.2 Å². The second-order valence-electron chi connectivity index (χ2n) is 5.69. The molecule has 0 aromatic carbocycles. The third kappa shape index (κ3) is 3.91. The molecule has 6 nitrogen and oxygen atoms in total. The molecule has 1 aromatic rings. The summed E-state index contributed by atoms with van der Waals surface area (Å²) < 4.78 is 4.98. The molecule has 2 atom stereocenters. The maximum Gasteiger partial charge on any atom is 0.341 e. The predicted octanol–water partition coefficient (Wildman–Crippen LogP) is 1.71. The van der Waals surface area contributed by atoms with Crippen molar-refractivity contribution in [3.63, 3.8) is 0 Å². The van der Waals surface area contributed by atoms with Crippen LogP contribution >= 0.6 is 0 Å². The highest BCUT2D eigenvalue weighted by Crippen LogP contribution is 2.19. The fraction of sp³-hybridized carbons (Fsp3) is 0.667. The predicted molar refractivity (Wildman–Crippen MR) is 81.4 cm³/mol. The summed E-state index contributed by atoms with van der Waals surface area (Å²) in [7, 11) is 2.14. The normalized spacial score (nSPS) is 22.9. The molecular formula is C15H24N4O2. The number of nitrogens with zero attached hydrogens (tertiary/aromatic N) is 3. The minimum Gasteiger partial charge on any atom is -0.462 e. The first kappa shape index (κ1) is 15.7. The Kier molecular flexibility index (Phi) is 5.12. The number of aromatic nitrogens is 2. The first-order valence-electron chi connectivity index (χ1n) is 7.47. The van der Waals surface area contributed by atoms with E-state index < -0.39 is 0 Å². The van der Waals surface area contributed by atoms with Gasteiger partial charge in [0, 0.05) is 18.8 Å². The number of piperidine rings is 1. The fourth-order valence-electron chi connectivity index (χ4n) is 2.68. The molecule has 21 heavy (non-hydrogen) atoms. The molecule has 0 saturated carbocycles. The molecule has 1 fully saturated rings. The zero-order chi connectivity index (χ0) is 15.4. The topological polar surface area (TPSA) is 67.3 Å². The number of carbonyl (C=O) groups is 1. The SMILES string of the molecule is CCOC(=O)c1cnc(NC2CCN(C)CC2C)nc1C. The van der Waals surface area contributed by atoms with Crippen LogP contribution in [0.5, 0.6) is 0 Å². The Balaban J connectivity index is 2.05. The number of rotatable bonds is 4. The quantitative estimate of drug-likeness (QED) is 0.852. The van der Waals surface area contributed by atoms with E-state index in [0.29, 0.717) is 35.8 Å². The van der Waals surface area contributed by atoms with Gasteiger partial charge in [-0.05, 0) is 39.8 Å². The Morgan fingerprint density at radius 2 is 2.33 bits per heavy atom. The minimum absolute atomic E-state index is 0.353. The van der Waals surface area contributed by atoms with Gasteiger partial charge in [-0.15, -0.1) is 0 Å². The Bertz CT molecular complexity index is 506. The standard InChI is InChI=1S/C15H24N4O2/c1-5-21-14(20)12-8-16-15(17-11(12)3)18-13-6-7-19(4)9-10(13)2/h8,10,13H,5-7,9H2,1-4H3,(H,16,17,18). The molecule has 0 amide bonds. The summed E-state index contributed by atoms with van der Waals surface area (Å²) in [4.78, 5) is 22.7. The van der Waals surface area contributed by atoms with Gasteiger partial charge >= 0.3 is 5.97 Å². The summed E-state index contributed by atoms with van der Waals surface area (Å²) in [6.07, 6.45) is 2.61. The number of aryl methyl sites for hydroxylation is 1. The van der Waals surface area contributed by atoms with Gasteiger partial charge < -0.3 is 15.0 Å². The highest BCUT2D eigenvalue weighted by molar-refractivity contribution is 5.90. The Morgan fingerprint density at radius 3 is 2.95 bits per heavy atom. The Morgan fingerprint density at radius 1 is 1.57 bits per heavy atom. The maximum absolute atomic E-state index is 11.7. The van der Waals surface area contributed by atoms with Gasteiger partial charge in [-0.1, -0.05) is 6.92 Å². The molecule has 2 rings (SSSR count). The Hall–Kier alpha value is -1.69. The highest BCUT2D eigenvalue weighted by Gasteiger charge is 2.25. The van der Waals surface area contributed by atoms with Gasteiger partial charge in [-0.3, -0.25) is 0 Å². The molecule has 2 heterocycles. The lowest BCUT2D eigenvalue weighted by atomic mass is 9.94. The molecule has 0 radical (unpaired) electrons. The van der Waals surface area contributed by atoms with Gasteiger partial charge in [0.1, 0.15) is 0 Å². The number of nitrogens with one attached hydrogen (secondary N) is 1. The average Bonchev–Trinajstić information content (AvgIpc) is 2.42. The van der Waals surface area contributed by atoms with Gasteiger partial charge in [0.05, 0.1) is 17.9 Å². The first-order valence-corrected chi connectivity index (χ1v) is 7.47. The van der Waals surface area contributed by atoms with Crippen molar-refractivity contribution in [3.05, 3.63) is 17.5 Å². The van der Waals surface area contributed by atoms with Crippen LogP contribution in [0.3, 0.4) is 0 Å². The largest absolute Gasteiger partial charge is 0.462 e. The molecule has 0 aliphatic carbocycles. The Labute approximate surface area is 125 Å². The van der Waals surface area contributed by atoms with Crippen molar-refractivity contribution in [3.8, 4) is 0 Å². The van der Waals surface area contributed by atoms with Crippen LogP contribution in [0, 0.1) is 12.8 Å². The number of ether oxygens (including phenoxy) is 1. The van der Waals surface area contributed by atoms with Crippen molar-refractivity contribution < 1.29 is 9.53 Å². The number of anilines is 1. The van der Waals surface area contributed by atoms with Crippen LogP contribution < -0.4 is 5.32 Å². The lowest BCUT2D eigenvalue weighted by Gasteiger charge is -2.35. The number of esters is 1. The third-order valence-electron chi connectivity index (χ3n) is 3.90. The average molecular weight is 292 g/mol. The van der Waals surface area contributed by atoms with Crippen LogP contribution in [-0.4, -0.2) is 53.6 Å². The molecule has 1 aromatic heterocycles. The van der Waals surface area contributed by atoms with E-state index in [2.05, 4.69) is 34.2 Å². The monoisotopic (exact) mass is 292 g/mol. The minimum atomic E-state index is -0.366. The lowest BCUT2D eigenvalue weighted by Crippen LogP contribution is -2.43. The zero-order valence-electron chi connectivity index (χ0n) is 13.2. The first-order chi connectivity index (χ1) is 10.0. The van der Waals surface area contributed by atoms with Crippen molar-refractivity contribution in [2.75, 3.05) is 32.1 Å². The van der Waals surface area contributed by atoms with E-state index in [1.807, 2.05) is 0 Å². The van der Waals surface area contributed by atoms with Crippen LogP contribution in [0.25, 0.3) is 0 Å². The lowest BCUT2D eigenvalue weighted by molar-refractivity contribution is 0.0524. The molecule has 116 valence electrons. The summed E-state index contributed by atoms with van der Waals surface area (Å²) in [5.74, 6) is 0.758. The molecule has 0 bridgehead atoms. The van der Waals surface area contributed by atoms with Gasteiger partial charge in [0.2, 0.25) is 5.95 Å². The smallest absolute Gasteiger partial charge is 0.341 e. The number of carbonyl (C=O) groups excluding carboxylic acids is 1. The van der Waals surface area contributed by atoms with E-state index in [9.17, 15) is 4.79 Å². The van der Waals surface area contributed by atoms with E-state index in [1.54, 1.807) is 20.0 Å². The van der Waals surface area contributed by atoms with Gasteiger partial charge in [-0.2, -0.15) is 0 Å². The molecule has 6 heteroatoms. The second-order valence-corrected chi connectivity index (χ2v) is 5.69. The summed E-state index contributed by atoms with van der Waals surface area (Å²) in [5, 5.41) is 3.39. The molecule has 1 saturated heterocycles. The van der Waals surface area contributed by atoms with Crippen LogP contribution in [0.4, 0.5) is 5.95 Å². The summed E-state index contributed by atoms with van der Waals surface area (Å²) in [5.41, 5.74) is 1.07. The van der Waals surface area contributed by atoms with E-state index in [1.165, 1.54) is 0 Å². The van der Waals surface area contributed by atoms with Crippen LogP contribution in [0.15, 0.2) is 6.20 Å². The zero-order valence-corrected chi connectivity index (χ0v) is 13.2. The van der Waals surface area contributed by atoms with Crippen LogP contribution in [0.2, 0.25) is 0 Å². The third-order valence-corrected chi connectivity index (χ3v) is 3.90. The van der Waals surface area contributed by atoms with Crippen molar-refractivity contribution >= 4 is 11.9 Å². The van der Waals surface area contributed by atoms with E-state index in [0.717, 1.165) is 19.5 Å². The molecule has 1 aliphatic rings. The summed E-state index contributed by atoms with van der Waals surface area (Å²) >= 11 is 0. The fourth-order valence-corrected chi connectivity index (χ4v) is 2.68. The van der Waals surface area contributed by atoms with E-state index in [-0.39, 0.29) is 5.97 Å². The number of hydrogen-bond donors (Lipinski definition) is 1. The second kappa shape index (κ2) is 6.85. The molecule has 1 N–H and O–H groups in total. The number of hydrogen-bond acceptors (Lipinski definition) is 6. The van der Waals surface area contributed by atoms with E-state index >= 15 is 0 Å². The molecule has 1 aliphatic heterocycles. The van der Waals surface area contributed by atoms with Crippen LogP contribution in [0.1, 0.15) is 36.3 Å². The van der Waals surface area contributed by atoms with Gasteiger partial charge in [0.25, 0.3) is 0 Å². The molecule has 0 spiro atoms. The molecule has 2 unspecified atom stereocenters. The van der Waals surface area contributed by atoms with Crippen molar-refractivity contribution in [1.82, 2.24) is 14.9 Å². The van der Waals surface area contributed by atoms with Gasteiger partial charge in [0.15, 0.2) is 0 Å². The molecular weight excluding hydrogens is 268 g/mol.